The van der Waals surface area contributed by atoms with E-state index < -0.39 is 18.0 Å². The second-order valence-electron chi connectivity index (χ2n) is 5.37. The first-order chi connectivity index (χ1) is 10.1. The Balaban J connectivity index is 3.36. The topological polar surface area (TPSA) is 78.6 Å². The Morgan fingerprint density at radius 1 is 0.905 bits per heavy atom. The zero-order valence-corrected chi connectivity index (χ0v) is 13.6. The van der Waals surface area contributed by atoms with Crippen LogP contribution in [0.25, 0.3) is 0 Å². The van der Waals surface area contributed by atoms with E-state index >= 15 is 0 Å². The van der Waals surface area contributed by atoms with Gasteiger partial charge in [-0.3, -0.25) is 4.79 Å². The Labute approximate surface area is 128 Å². The fourth-order valence-corrected chi connectivity index (χ4v) is 2.17. The minimum atomic E-state index is -1.28. The highest BCUT2D eigenvalue weighted by Gasteiger charge is 2.25. The molecule has 0 aliphatic carbocycles. The highest BCUT2D eigenvalue weighted by atomic mass is 16.6. The van der Waals surface area contributed by atoms with Gasteiger partial charge in [0, 0.05) is 7.11 Å². The van der Waals surface area contributed by atoms with Crippen molar-refractivity contribution in [2.45, 2.75) is 77.2 Å². The maximum absolute atomic E-state index is 11.4. The van der Waals surface area contributed by atoms with E-state index in [2.05, 4.69) is 11.7 Å². The van der Waals surface area contributed by atoms with Crippen molar-refractivity contribution in [1.82, 2.24) is 0 Å². The van der Waals surface area contributed by atoms with Crippen LogP contribution in [0.1, 0.15) is 71.1 Å². The lowest BCUT2D eigenvalue weighted by Crippen LogP contribution is -2.38. The van der Waals surface area contributed by atoms with Crippen LogP contribution in [0.3, 0.4) is 0 Å². The molecule has 1 unspecified atom stereocenters. The van der Waals surface area contributed by atoms with Gasteiger partial charge in [0.1, 0.15) is 0 Å². The van der Waals surface area contributed by atoms with Crippen molar-refractivity contribution in [3.8, 4) is 0 Å². The molecule has 1 atom stereocenters. The number of amides is 1. The maximum atomic E-state index is 11.4. The predicted molar refractivity (Wildman–Crippen MR) is 82.8 cm³/mol. The lowest BCUT2D eigenvalue weighted by molar-refractivity contribution is -0.159. The second kappa shape index (κ2) is 13.9. The number of hydrogen-bond donors (Lipinski definition) is 1. The van der Waals surface area contributed by atoms with Crippen LogP contribution in [0.4, 0.5) is 0 Å². The fraction of sp³-hybridized carbons (Fsp3) is 0.875. The molecule has 0 heterocycles. The fourth-order valence-electron chi connectivity index (χ4n) is 2.17. The number of carbonyl (C=O) groups is 2. The van der Waals surface area contributed by atoms with Gasteiger partial charge in [-0.1, -0.05) is 64.7 Å². The Bertz CT molecular complexity index is 281. The summed E-state index contributed by atoms with van der Waals surface area (Å²) < 4.78 is 9.64. The molecule has 0 rings (SSSR count). The quantitative estimate of drug-likeness (QED) is 0.304. The molecule has 5 heteroatoms. The highest BCUT2D eigenvalue weighted by molar-refractivity contribution is 5.99. The van der Waals surface area contributed by atoms with Crippen molar-refractivity contribution in [2.75, 3.05) is 13.7 Å². The van der Waals surface area contributed by atoms with Gasteiger partial charge >= 0.3 is 5.97 Å². The maximum Gasteiger partial charge on any atom is 0.345 e. The van der Waals surface area contributed by atoms with Gasteiger partial charge in [-0.15, -0.1) is 0 Å². The first-order valence-corrected chi connectivity index (χ1v) is 8.12. The van der Waals surface area contributed by atoms with E-state index in [4.69, 9.17) is 10.5 Å². The number of esters is 1. The molecule has 1 amide bonds. The van der Waals surface area contributed by atoms with Crippen molar-refractivity contribution < 1.29 is 19.1 Å². The van der Waals surface area contributed by atoms with Gasteiger partial charge in [0.25, 0.3) is 5.91 Å². The van der Waals surface area contributed by atoms with Crippen LogP contribution in [0.2, 0.25) is 0 Å². The van der Waals surface area contributed by atoms with E-state index in [0.29, 0.717) is 6.61 Å². The van der Waals surface area contributed by atoms with Crippen molar-refractivity contribution in [3.05, 3.63) is 0 Å². The normalized spacial score (nSPS) is 12.1. The highest BCUT2D eigenvalue weighted by Crippen LogP contribution is 2.10. The van der Waals surface area contributed by atoms with E-state index in [9.17, 15) is 9.59 Å². The van der Waals surface area contributed by atoms with Gasteiger partial charge in [-0.2, -0.15) is 0 Å². The van der Waals surface area contributed by atoms with Crippen LogP contribution in [0.5, 0.6) is 0 Å². The minimum absolute atomic E-state index is 0.322. The van der Waals surface area contributed by atoms with E-state index in [-0.39, 0.29) is 0 Å². The number of carbonyl (C=O) groups excluding carboxylic acids is 2. The third-order valence-corrected chi connectivity index (χ3v) is 3.45. The van der Waals surface area contributed by atoms with Crippen LogP contribution < -0.4 is 5.73 Å². The molecule has 124 valence electrons. The van der Waals surface area contributed by atoms with Crippen LogP contribution in [0, 0.1) is 0 Å². The Hall–Kier alpha value is -1.10. The molecule has 5 nitrogen and oxygen atoms in total. The van der Waals surface area contributed by atoms with Crippen molar-refractivity contribution in [3.63, 3.8) is 0 Å². The molecular weight excluding hydrogens is 270 g/mol. The SMILES string of the molecule is CCCCCCCCCCCCOC(=O)C(OC)C(N)=O. The molecule has 0 saturated carbocycles. The molecule has 0 aromatic carbocycles. The molecule has 0 radical (unpaired) electrons. The van der Waals surface area contributed by atoms with Crippen molar-refractivity contribution >= 4 is 11.9 Å². The summed E-state index contributed by atoms with van der Waals surface area (Å²) in [4.78, 5) is 22.3. The lowest BCUT2D eigenvalue weighted by atomic mass is 10.1. The average molecular weight is 301 g/mol. The largest absolute Gasteiger partial charge is 0.463 e. The summed E-state index contributed by atoms with van der Waals surface area (Å²) in [6.07, 6.45) is 10.9. The van der Waals surface area contributed by atoms with Crippen LogP contribution in [-0.2, 0) is 19.1 Å². The summed E-state index contributed by atoms with van der Waals surface area (Å²) in [6, 6.07) is 0. The van der Waals surface area contributed by atoms with Gasteiger partial charge in [0.15, 0.2) is 0 Å². The Kier molecular flexibility index (Phi) is 13.1. The van der Waals surface area contributed by atoms with Gasteiger partial charge in [0.2, 0.25) is 6.10 Å². The smallest absolute Gasteiger partial charge is 0.345 e. The second-order valence-corrected chi connectivity index (χ2v) is 5.37. The minimum Gasteiger partial charge on any atom is -0.463 e. The monoisotopic (exact) mass is 301 g/mol. The number of hydrogen-bond acceptors (Lipinski definition) is 4. The van der Waals surface area contributed by atoms with Crippen LogP contribution in [-0.4, -0.2) is 31.7 Å². The molecule has 0 aliphatic rings. The third-order valence-electron chi connectivity index (χ3n) is 3.45. The zero-order chi connectivity index (χ0) is 15.9. The number of methoxy groups -OCH3 is 1. The van der Waals surface area contributed by atoms with Gasteiger partial charge in [0.05, 0.1) is 6.61 Å². The van der Waals surface area contributed by atoms with Crippen molar-refractivity contribution in [1.29, 1.82) is 0 Å². The average Bonchev–Trinajstić information content (AvgIpc) is 2.45. The van der Waals surface area contributed by atoms with Crippen molar-refractivity contribution in [2.24, 2.45) is 5.73 Å². The molecular formula is C16H31NO4. The van der Waals surface area contributed by atoms with Gasteiger partial charge < -0.3 is 15.2 Å². The van der Waals surface area contributed by atoms with Crippen LogP contribution in [0.15, 0.2) is 0 Å². The van der Waals surface area contributed by atoms with Crippen LogP contribution >= 0.6 is 0 Å². The first kappa shape index (κ1) is 19.9. The van der Waals surface area contributed by atoms with Gasteiger partial charge in [-0.05, 0) is 6.42 Å². The Morgan fingerprint density at radius 3 is 1.81 bits per heavy atom. The summed E-state index contributed by atoms with van der Waals surface area (Å²) >= 11 is 0. The summed E-state index contributed by atoms with van der Waals surface area (Å²) in [5, 5.41) is 0. The van der Waals surface area contributed by atoms with E-state index in [1.165, 1.54) is 52.1 Å². The predicted octanol–water partition coefficient (Wildman–Crippen LogP) is 2.95. The first-order valence-electron chi connectivity index (χ1n) is 8.12. The Morgan fingerprint density at radius 2 is 1.38 bits per heavy atom. The number of primary amides is 1. The molecule has 0 spiro atoms. The molecule has 21 heavy (non-hydrogen) atoms. The molecule has 0 saturated heterocycles. The number of unbranched alkanes of at least 4 members (excludes halogenated alkanes) is 9. The molecule has 2 N–H and O–H groups in total. The molecule has 0 aliphatic heterocycles. The van der Waals surface area contributed by atoms with E-state index in [1.807, 2.05) is 0 Å². The number of nitrogens with two attached hydrogens (primary N) is 1. The standard InChI is InChI=1S/C16H31NO4/c1-3-4-5-6-7-8-9-10-11-12-13-21-16(19)14(20-2)15(17)18/h14H,3-13H2,1-2H3,(H2,17,18). The third kappa shape index (κ3) is 11.3. The molecule has 0 fully saturated rings. The van der Waals surface area contributed by atoms with E-state index in [0.717, 1.165) is 19.3 Å². The molecule has 0 aromatic rings. The summed E-state index contributed by atoms with van der Waals surface area (Å²) in [5.74, 6) is -1.51. The lowest BCUT2D eigenvalue weighted by Gasteiger charge is -2.10. The number of rotatable bonds is 14. The number of ether oxygens (including phenoxy) is 2. The summed E-state index contributed by atoms with van der Waals surface area (Å²) in [5.41, 5.74) is 5.01. The van der Waals surface area contributed by atoms with E-state index in [1.54, 1.807) is 0 Å². The van der Waals surface area contributed by atoms with Gasteiger partial charge in [-0.25, -0.2) is 4.79 Å². The molecule has 0 aromatic heterocycles. The molecule has 0 bridgehead atoms. The summed E-state index contributed by atoms with van der Waals surface area (Å²) in [7, 11) is 1.26. The zero-order valence-electron chi connectivity index (χ0n) is 13.6. The summed E-state index contributed by atoms with van der Waals surface area (Å²) in [6.45, 7) is 2.55.